The van der Waals surface area contributed by atoms with Crippen LogP contribution in [0.15, 0.2) is 42.5 Å². The average molecular weight is 658 g/mol. The smallest absolute Gasteiger partial charge is 0.337 e. The maximum atomic E-state index is 12.1. The van der Waals surface area contributed by atoms with Crippen LogP contribution in [0.5, 0.6) is 0 Å². The first-order chi connectivity index (χ1) is 22.9. The molecule has 1 aromatic rings. The molecule has 264 valence electrons. The van der Waals surface area contributed by atoms with Crippen molar-refractivity contribution in [2.45, 2.75) is 92.4 Å². The number of carbonyl (C=O) groups excluding carboxylic acids is 1. The summed E-state index contributed by atoms with van der Waals surface area (Å²) in [6.07, 6.45) is 14.6. The van der Waals surface area contributed by atoms with Gasteiger partial charge in [0.1, 0.15) is 0 Å². The van der Waals surface area contributed by atoms with Crippen LogP contribution in [-0.4, -0.2) is 64.0 Å². The largest absolute Gasteiger partial charge is 0.465 e. The maximum absolute atomic E-state index is 12.1. The topological polar surface area (TPSA) is 48.0 Å². The zero-order valence-electron chi connectivity index (χ0n) is 31.0. The second-order valence-corrected chi connectivity index (χ2v) is 17.9. The molecular formula is C43H63NO4. The zero-order valence-corrected chi connectivity index (χ0v) is 31.0. The van der Waals surface area contributed by atoms with E-state index in [4.69, 9.17) is 20.8 Å². The molecule has 0 spiro atoms. The van der Waals surface area contributed by atoms with Crippen molar-refractivity contribution in [2.75, 3.05) is 53.2 Å². The van der Waals surface area contributed by atoms with Crippen LogP contribution in [0.2, 0.25) is 0 Å². The fourth-order valence-electron chi connectivity index (χ4n) is 13.3. The Morgan fingerprint density at radius 2 is 1.69 bits per heavy atom. The molecular weight excluding hydrogens is 594 g/mol. The molecule has 1 saturated heterocycles. The summed E-state index contributed by atoms with van der Waals surface area (Å²) >= 11 is 0. The summed E-state index contributed by atoms with van der Waals surface area (Å²) < 4.78 is 16.8. The van der Waals surface area contributed by atoms with E-state index in [2.05, 4.69) is 57.7 Å². The third-order valence-electron chi connectivity index (χ3n) is 16.2. The second kappa shape index (κ2) is 13.0. The molecule has 10 atom stereocenters. The fourth-order valence-corrected chi connectivity index (χ4v) is 13.3. The van der Waals surface area contributed by atoms with Gasteiger partial charge in [-0.2, -0.15) is 0 Å². The molecule has 7 rings (SSSR count). The summed E-state index contributed by atoms with van der Waals surface area (Å²) in [4.78, 5) is 14.5. The predicted octanol–water partition coefficient (Wildman–Crippen LogP) is 9.08. The first-order valence-corrected chi connectivity index (χ1v) is 19.4. The van der Waals surface area contributed by atoms with Gasteiger partial charge in [0.05, 0.1) is 39.1 Å². The first-order valence-electron chi connectivity index (χ1n) is 19.4. The lowest BCUT2D eigenvalue weighted by Crippen LogP contribution is -2.64. The number of morpholine rings is 1. The number of rotatable bonds is 8. The summed E-state index contributed by atoms with van der Waals surface area (Å²) in [5, 5.41) is 0. The van der Waals surface area contributed by atoms with Gasteiger partial charge >= 0.3 is 5.97 Å². The molecule has 0 N–H and O–H groups in total. The van der Waals surface area contributed by atoms with Gasteiger partial charge in [-0.3, -0.25) is 4.90 Å². The van der Waals surface area contributed by atoms with Crippen LogP contribution in [-0.2, 0) is 14.2 Å². The van der Waals surface area contributed by atoms with Crippen molar-refractivity contribution in [2.24, 2.45) is 57.2 Å². The predicted molar refractivity (Wildman–Crippen MR) is 194 cm³/mol. The van der Waals surface area contributed by atoms with E-state index < -0.39 is 0 Å². The van der Waals surface area contributed by atoms with E-state index in [0.717, 1.165) is 63.8 Å². The van der Waals surface area contributed by atoms with Crippen LogP contribution < -0.4 is 0 Å². The Morgan fingerprint density at radius 1 is 0.938 bits per heavy atom. The van der Waals surface area contributed by atoms with Crippen LogP contribution >= 0.6 is 0 Å². The van der Waals surface area contributed by atoms with E-state index in [9.17, 15) is 4.79 Å². The number of methoxy groups -OCH3 is 1. The van der Waals surface area contributed by atoms with Gasteiger partial charge in [0.2, 0.25) is 0 Å². The van der Waals surface area contributed by atoms with Crippen molar-refractivity contribution in [1.82, 2.24) is 4.90 Å². The van der Waals surface area contributed by atoms with Gasteiger partial charge in [0.15, 0.2) is 0 Å². The molecule has 4 saturated carbocycles. The molecule has 1 aliphatic heterocycles. The number of ether oxygens (including phenoxy) is 3. The molecule has 6 aliphatic rings. The summed E-state index contributed by atoms with van der Waals surface area (Å²) in [6, 6.07) is 8.14. The maximum Gasteiger partial charge on any atom is 0.337 e. The number of hydrogen-bond acceptors (Lipinski definition) is 5. The average Bonchev–Trinajstić information content (AvgIpc) is 3.45. The van der Waals surface area contributed by atoms with Crippen LogP contribution in [0, 0.1) is 57.2 Å². The van der Waals surface area contributed by atoms with Gasteiger partial charge in [0, 0.05) is 19.6 Å². The number of fused-ring (bicyclic) bond motifs is 7. The molecule has 0 aromatic heterocycles. The van der Waals surface area contributed by atoms with E-state index in [0.29, 0.717) is 45.0 Å². The van der Waals surface area contributed by atoms with E-state index in [1.54, 1.807) is 0 Å². The Morgan fingerprint density at radius 3 is 2.42 bits per heavy atom. The number of nitrogens with zero attached hydrogens (tertiary/aromatic N) is 1. The lowest BCUT2D eigenvalue weighted by atomic mass is 9.33. The molecule has 5 fully saturated rings. The molecule has 1 aromatic carbocycles. The van der Waals surface area contributed by atoms with Crippen molar-refractivity contribution in [3.05, 3.63) is 53.6 Å². The van der Waals surface area contributed by atoms with Gasteiger partial charge in [-0.05, 0) is 144 Å². The Hall–Kier alpha value is -1.95. The highest BCUT2D eigenvalue weighted by atomic mass is 16.5. The quantitative estimate of drug-likeness (QED) is 0.159. The van der Waals surface area contributed by atoms with Crippen LogP contribution in [0.25, 0.3) is 5.57 Å². The van der Waals surface area contributed by atoms with Crippen molar-refractivity contribution >= 4 is 11.5 Å². The van der Waals surface area contributed by atoms with Crippen molar-refractivity contribution in [3.8, 4) is 0 Å². The van der Waals surface area contributed by atoms with Gasteiger partial charge < -0.3 is 14.2 Å². The van der Waals surface area contributed by atoms with Crippen LogP contribution in [0.4, 0.5) is 0 Å². The third kappa shape index (κ3) is 5.48. The summed E-state index contributed by atoms with van der Waals surface area (Å²) in [7, 11) is 1.45. The SMILES string of the molecule is C=C(COCCN1CCOCC1)[C@@H]1CCC2(C)CC[C@]3(C)C(CCC4C5(C)CC=C(c6ccc(C(=O)OC)cc6)C(C)C5CCC43C)[C@@H]12. The second-order valence-electron chi connectivity index (χ2n) is 17.9. The van der Waals surface area contributed by atoms with Gasteiger partial charge in [0.25, 0.3) is 0 Å². The lowest BCUT2D eigenvalue weighted by molar-refractivity contribution is -0.219. The normalized spacial score (nSPS) is 42.5. The Kier molecular flexibility index (Phi) is 9.33. The number of benzene rings is 1. The Balaban J connectivity index is 1.08. The monoisotopic (exact) mass is 657 g/mol. The minimum absolute atomic E-state index is 0.264. The van der Waals surface area contributed by atoms with E-state index in [1.807, 2.05) is 12.1 Å². The first kappa shape index (κ1) is 34.5. The molecule has 0 radical (unpaired) electrons. The summed E-state index contributed by atoms with van der Waals surface area (Å²) in [5.41, 5.74) is 6.23. The number of esters is 1. The van der Waals surface area contributed by atoms with Crippen molar-refractivity contribution in [1.29, 1.82) is 0 Å². The highest BCUT2D eigenvalue weighted by molar-refractivity contribution is 5.89. The molecule has 0 bridgehead atoms. The van der Waals surface area contributed by atoms with E-state index in [-0.39, 0.29) is 5.97 Å². The van der Waals surface area contributed by atoms with Gasteiger partial charge in [-0.15, -0.1) is 0 Å². The lowest BCUT2D eigenvalue weighted by Gasteiger charge is -2.71. The van der Waals surface area contributed by atoms with Gasteiger partial charge in [-0.1, -0.05) is 59.4 Å². The highest BCUT2D eigenvalue weighted by Crippen LogP contribution is 2.76. The van der Waals surface area contributed by atoms with Gasteiger partial charge in [-0.25, -0.2) is 4.79 Å². The highest BCUT2D eigenvalue weighted by Gasteiger charge is 2.69. The molecule has 5 nitrogen and oxygen atoms in total. The van der Waals surface area contributed by atoms with Crippen molar-refractivity contribution in [3.63, 3.8) is 0 Å². The molecule has 5 heteroatoms. The van der Waals surface area contributed by atoms with E-state index >= 15 is 0 Å². The Labute approximate surface area is 291 Å². The van der Waals surface area contributed by atoms with Crippen LogP contribution in [0.3, 0.4) is 0 Å². The fraction of sp³-hybridized carbons (Fsp3) is 0.744. The molecule has 7 unspecified atom stereocenters. The number of hydrogen-bond donors (Lipinski definition) is 0. The zero-order chi connectivity index (χ0) is 33.9. The summed E-state index contributed by atoms with van der Waals surface area (Å²) in [5.74, 6) is 3.81. The number of carbonyl (C=O) groups is 1. The van der Waals surface area contributed by atoms with Crippen molar-refractivity contribution < 1.29 is 19.0 Å². The standard InChI is InChI=1S/C43H63NO4/c1-29(28-48-27-24-44-22-25-47-26-23-44)33-14-17-40(3)20-21-42(5)36(38(33)40)12-13-37-41(4)18-15-34(30(2)35(41)16-19-43(37,42)6)31-8-10-32(11-9-31)39(45)46-7/h8-11,15,30,33,35-38H,1,12-14,16-28H2,2-7H3/t30?,33-,35?,36?,37?,38+,40?,41?,42+,43?/m0/s1. The summed E-state index contributed by atoms with van der Waals surface area (Å²) in [6.45, 7) is 24.3. The minimum atomic E-state index is -0.264. The Bertz CT molecular complexity index is 1400. The van der Waals surface area contributed by atoms with E-state index in [1.165, 1.54) is 81.6 Å². The minimum Gasteiger partial charge on any atom is -0.465 e. The molecule has 1 heterocycles. The molecule has 0 amide bonds. The molecule has 48 heavy (non-hydrogen) atoms. The number of allylic oxidation sites excluding steroid dienone is 2. The van der Waals surface area contributed by atoms with Crippen LogP contribution in [0.1, 0.15) is 108 Å². The third-order valence-corrected chi connectivity index (χ3v) is 16.2. The molecule has 5 aliphatic carbocycles.